The summed E-state index contributed by atoms with van der Waals surface area (Å²) in [5.74, 6) is 0.671. The summed E-state index contributed by atoms with van der Waals surface area (Å²) < 4.78 is 10.6. The first-order chi connectivity index (χ1) is 8.61. The fraction of sp³-hybridized carbons (Fsp3) is 0.462. The van der Waals surface area contributed by atoms with Gasteiger partial charge in [0, 0.05) is 12.3 Å². The summed E-state index contributed by atoms with van der Waals surface area (Å²) >= 11 is 0. The summed E-state index contributed by atoms with van der Waals surface area (Å²) in [6, 6.07) is 5.13. The third-order valence-corrected chi connectivity index (χ3v) is 3.13. The number of methoxy groups -OCH3 is 1. The maximum Gasteiger partial charge on any atom is 0.253 e. The fourth-order valence-electron chi connectivity index (χ4n) is 2.06. The van der Waals surface area contributed by atoms with Gasteiger partial charge >= 0.3 is 0 Å². The number of hydrogen-bond donors (Lipinski definition) is 2. The average Bonchev–Trinajstić information content (AvgIpc) is 2.76. The maximum atomic E-state index is 12.1. The highest BCUT2D eigenvalue weighted by atomic mass is 16.5. The van der Waals surface area contributed by atoms with E-state index in [0.29, 0.717) is 23.7 Å². The van der Waals surface area contributed by atoms with Crippen LogP contribution >= 0.6 is 0 Å². The van der Waals surface area contributed by atoms with Crippen LogP contribution in [0.4, 0.5) is 11.4 Å². The van der Waals surface area contributed by atoms with Crippen LogP contribution in [0.5, 0.6) is 5.75 Å². The number of anilines is 2. The summed E-state index contributed by atoms with van der Waals surface area (Å²) in [4.78, 5) is 12.1. The molecule has 1 aliphatic heterocycles. The lowest BCUT2D eigenvalue weighted by molar-refractivity contribution is -0.126. The highest BCUT2D eigenvalue weighted by Gasteiger charge is 2.31. The minimum absolute atomic E-state index is 0.149. The number of nitrogens with one attached hydrogen (secondary N) is 1. The number of hydrogen-bond acceptors (Lipinski definition) is 4. The molecule has 1 amide bonds. The molecule has 1 aliphatic rings. The van der Waals surface area contributed by atoms with Crippen molar-refractivity contribution in [1.29, 1.82) is 0 Å². The molecule has 2 atom stereocenters. The zero-order valence-corrected chi connectivity index (χ0v) is 10.6. The van der Waals surface area contributed by atoms with Crippen molar-refractivity contribution in [2.24, 2.45) is 5.92 Å². The molecule has 1 fully saturated rings. The Bertz CT molecular complexity index is 448. The van der Waals surface area contributed by atoms with E-state index < -0.39 is 6.10 Å². The van der Waals surface area contributed by atoms with Crippen molar-refractivity contribution < 1.29 is 14.3 Å². The van der Waals surface area contributed by atoms with Crippen LogP contribution in [0.1, 0.15) is 13.3 Å². The molecule has 3 N–H and O–H groups in total. The minimum Gasteiger partial charge on any atom is -0.495 e. The van der Waals surface area contributed by atoms with Crippen molar-refractivity contribution in [3.63, 3.8) is 0 Å². The van der Waals surface area contributed by atoms with E-state index in [-0.39, 0.29) is 11.8 Å². The molecule has 98 valence electrons. The zero-order chi connectivity index (χ0) is 13.1. The second-order valence-corrected chi connectivity index (χ2v) is 4.51. The van der Waals surface area contributed by atoms with Crippen LogP contribution in [0.25, 0.3) is 0 Å². The maximum absolute atomic E-state index is 12.1. The van der Waals surface area contributed by atoms with E-state index in [1.807, 2.05) is 6.92 Å². The molecule has 1 aromatic carbocycles. The number of carbonyl (C=O) groups is 1. The van der Waals surface area contributed by atoms with Gasteiger partial charge in [-0.15, -0.1) is 0 Å². The quantitative estimate of drug-likeness (QED) is 0.800. The number of rotatable bonds is 3. The second-order valence-electron chi connectivity index (χ2n) is 4.51. The SMILES string of the molecule is COc1ccc(N)cc1NC(=O)C1OCCC1C. The third-order valence-electron chi connectivity index (χ3n) is 3.13. The van der Waals surface area contributed by atoms with Gasteiger partial charge in [-0.25, -0.2) is 0 Å². The Morgan fingerprint density at radius 3 is 2.94 bits per heavy atom. The molecule has 18 heavy (non-hydrogen) atoms. The first-order valence-electron chi connectivity index (χ1n) is 5.98. The van der Waals surface area contributed by atoms with Gasteiger partial charge in [0.25, 0.3) is 5.91 Å². The first kappa shape index (κ1) is 12.7. The molecule has 5 heteroatoms. The lowest BCUT2D eigenvalue weighted by Gasteiger charge is -2.16. The van der Waals surface area contributed by atoms with Crippen molar-refractivity contribution in [1.82, 2.24) is 0 Å². The predicted octanol–water partition coefficient (Wildman–Crippen LogP) is 1.64. The minimum atomic E-state index is -0.392. The van der Waals surface area contributed by atoms with Crippen LogP contribution in [0.15, 0.2) is 18.2 Å². The first-order valence-corrected chi connectivity index (χ1v) is 5.98. The van der Waals surface area contributed by atoms with Crippen molar-refractivity contribution in [3.8, 4) is 5.75 Å². The number of nitrogen functional groups attached to an aromatic ring is 1. The van der Waals surface area contributed by atoms with Gasteiger partial charge in [0.05, 0.1) is 12.8 Å². The molecule has 0 spiro atoms. The Hall–Kier alpha value is -1.75. The number of benzene rings is 1. The van der Waals surface area contributed by atoms with E-state index in [1.165, 1.54) is 0 Å². The number of carbonyl (C=O) groups excluding carboxylic acids is 1. The Labute approximate surface area is 106 Å². The van der Waals surface area contributed by atoms with Gasteiger partial charge in [0.15, 0.2) is 0 Å². The molecular weight excluding hydrogens is 232 g/mol. The molecule has 1 aromatic rings. The molecule has 0 aliphatic carbocycles. The van der Waals surface area contributed by atoms with Gasteiger partial charge in [-0.05, 0) is 30.5 Å². The largest absolute Gasteiger partial charge is 0.495 e. The molecule has 1 saturated heterocycles. The monoisotopic (exact) mass is 250 g/mol. The Balaban J connectivity index is 2.13. The molecule has 2 unspecified atom stereocenters. The fourth-order valence-corrected chi connectivity index (χ4v) is 2.06. The van der Waals surface area contributed by atoms with Gasteiger partial charge in [0.2, 0.25) is 0 Å². The van der Waals surface area contributed by atoms with Gasteiger partial charge in [-0.3, -0.25) is 4.79 Å². The van der Waals surface area contributed by atoms with Crippen LogP contribution in [0, 0.1) is 5.92 Å². The molecule has 0 radical (unpaired) electrons. The van der Waals surface area contributed by atoms with Crippen molar-refractivity contribution in [2.75, 3.05) is 24.8 Å². The standard InChI is InChI=1S/C13H18N2O3/c1-8-5-6-18-12(8)13(16)15-10-7-9(14)3-4-11(10)17-2/h3-4,7-8,12H,5-6,14H2,1-2H3,(H,15,16). The molecule has 0 aromatic heterocycles. The Morgan fingerprint density at radius 1 is 1.56 bits per heavy atom. The second kappa shape index (κ2) is 5.27. The number of ether oxygens (including phenoxy) is 2. The third kappa shape index (κ3) is 2.56. The smallest absolute Gasteiger partial charge is 0.253 e. The van der Waals surface area contributed by atoms with Crippen LogP contribution < -0.4 is 15.8 Å². The summed E-state index contributed by atoms with van der Waals surface area (Å²) in [5, 5.41) is 2.81. The van der Waals surface area contributed by atoms with Crippen molar-refractivity contribution in [2.45, 2.75) is 19.4 Å². The molecular formula is C13H18N2O3. The van der Waals surface area contributed by atoms with Crippen molar-refractivity contribution >= 4 is 17.3 Å². The van der Waals surface area contributed by atoms with E-state index in [2.05, 4.69) is 5.32 Å². The predicted molar refractivity (Wildman–Crippen MR) is 69.6 cm³/mol. The van der Waals surface area contributed by atoms with Crippen LogP contribution in [0.3, 0.4) is 0 Å². The molecule has 0 bridgehead atoms. The van der Waals surface area contributed by atoms with Gasteiger partial charge < -0.3 is 20.5 Å². The normalized spacial score (nSPS) is 22.8. The molecule has 5 nitrogen and oxygen atoms in total. The average molecular weight is 250 g/mol. The van der Waals surface area contributed by atoms with Crippen LogP contribution in [-0.4, -0.2) is 25.7 Å². The highest BCUT2D eigenvalue weighted by Crippen LogP contribution is 2.28. The van der Waals surface area contributed by atoms with Crippen molar-refractivity contribution in [3.05, 3.63) is 18.2 Å². The summed E-state index contributed by atoms with van der Waals surface area (Å²) in [6.45, 7) is 2.64. The van der Waals surface area contributed by atoms with Gasteiger partial charge in [-0.1, -0.05) is 6.92 Å². The van der Waals surface area contributed by atoms with E-state index >= 15 is 0 Å². The summed E-state index contributed by atoms with van der Waals surface area (Å²) in [6.07, 6.45) is 0.516. The van der Waals surface area contributed by atoms with E-state index in [4.69, 9.17) is 15.2 Å². The molecule has 2 rings (SSSR count). The summed E-state index contributed by atoms with van der Waals surface area (Å²) in [7, 11) is 1.55. The lowest BCUT2D eigenvalue weighted by atomic mass is 10.0. The van der Waals surface area contributed by atoms with Gasteiger partial charge in [-0.2, -0.15) is 0 Å². The van der Waals surface area contributed by atoms with Crippen LogP contribution in [-0.2, 0) is 9.53 Å². The van der Waals surface area contributed by atoms with Gasteiger partial charge in [0.1, 0.15) is 11.9 Å². The lowest BCUT2D eigenvalue weighted by Crippen LogP contribution is -2.31. The zero-order valence-electron chi connectivity index (χ0n) is 10.6. The number of nitrogens with two attached hydrogens (primary N) is 1. The number of amides is 1. The molecule has 1 heterocycles. The summed E-state index contributed by atoms with van der Waals surface area (Å²) in [5.41, 5.74) is 6.85. The van der Waals surface area contributed by atoms with E-state index in [1.54, 1.807) is 25.3 Å². The van der Waals surface area contributed by atoms with E-state index in [9.17, 15) is 4.79 Å². The highest BCUT2D eigenvalue weighted by molar-refractivity contribution is 5.96. The molecule has 0 saturated carbocycles. The Morgan fingerprint density at radius 2 is 2.33 bits per heavy atom. The topological polar surface area (TPSA) is 73.6 Å². The van der Waals surface area contributed by atoms with Crippen LogP contribution in [0.2, 0.25) is 0 Å². The Kier molecular flexibility index (Phi) is 3.72. The van der Waals surface area contributed by atoms with E-state index in [0.717, 1.165) is 6.42 Å².